The number of carbonyl (C=O) groups is 1. The quantitative estimate of drug-likeness (QED) is 0.682. The van der Waals surface area contributed by atoms with Gasteiger partial charge in [0.25, 0.3) is 5.69 Å². The van der Waals surface area contributed by atoms with E-state index in [0.29, 0.717) is 0 Å². The van der Waals surface area contributed by atoms with E-state index in [9.17, 15) is 14.9 Å². The Labute approximate surface area is 127 Å². The van der Waals surface area contributed by atoms with Gasteiger partial charge in [-0.25, -0.2) is 4.79 Å². The molecule has 1 heterocycles. The lowest BCUT2D eigenvalue weighted by Crippen LogP contribution is -2.27. The Bertz CT molecular complexity index is 574. The van der Waals surface area contributed by atoms with Gasteiger partial charge in [0.15, 0.2) is 0 Å². The normalized spacial score (nSPS) is 18.1. The number of rotatable bonds is 3. The highest BCUT2D eigenvalue weighted by Gasteiger charge is 2.26. The number of anilines is 1. The Balaban J connectivity index is 2.30. The van der Waals surface area contributed by atoms with Crippen LogP contribution in [0.25, 0.3) is 0 Å². The van der Waals surface area contributed by atoms with E-state index in [4.69, 9.17) is 5.11 Å². The second-order valence-electron chi connectivity index (χ2n) is 5.61. The van der Waals surface area contributed by atoms with Crippen LogP contribution in [-0.4, -0.2) is 39.6 Å². The molecule has 0 spiro atoms. The Morgan fingerprint density at radius 2 is 2.14 bits per heavy atom. The first-order valence-corrected chi connectivity index (χ1v) is 7.69. The molecule has 0 bridgehead atoms. The van der Waals surface area contributed by atoms with Gasteiger partial charge in [-0.3, -0.25) is 10.1 Å². The minimum absolute atomic E-state index is 0.200. The smallest absolute Gasteiger partial charge is 0.342 e. The third kappa shape index (κ3) is 3.66. The molecule has 0 aromatic heterocycles. The van der Waals surface area contributed by atoms with Crippen molar-refractivity contribution in [1.29, 1.82) is 0 Å². The molecule has 21 heavy (non-hydrogen) atoms. The molecular formula is C14H18N2O4S. The number of thioether (sulfide) groups is 1. The molecule has 2 rings (SSSR count). The summed E-state index contributed by atoms with van der Waals surface area (Å²) in [6.45, 7) is 6.02. The summed E-state index contributed by atoms with van der Waals surface area (Å²) in [5.74, 6) is -0.320. The number of carboxylic acids is 1. The van der Waals surface area contributed by atoms with Crippen LogP contribution in [0.15, 0.2) is 18.2 Å². The first-order valence-electron chi connectivity index (χ1n) is 6.71. The first kappa shape index (κ1) is 15.6. The van der Waals surface area contributed by atoms with E-state index in [1.165, 1.54) is 12.1 Å². The van der Waals surface area contributed by atoms with Crippen molar-refractivity contribution in [2.24, 2.45) is 0 Å². The van der Waals surface area contributed by atoms with E-state index < -0.39 is 10.9 Å². The van der Waals surface area contributed by atoms with Crippen molar-refractivity contribution in [2.75, 3.05) is 23.7 Å². The molecule has 1 fully saturated rings. The number of hydrogen-bond donors (Lipinski definition) is 1. The van der Waals surface area contributed by atoms with Gasteiger partial charge in [0.05, 0.1) is 4.92 Å². The minimum Gasteiger partial charge on any atom is -0.477 e. The van der Waals surface area contributed by atoms with Gasteiger partial charge in [0.2, 0.25) is 0 Å². The number of nitro groups is 1. The summed E-state index contributed by atoms with van der Waals surface area (Å²) in [4.78, 5) is 23.5. The molecule has 0 aliphatic carbocycles. The summed E-state index contributed by atoms with van der Waals surface area (Å²) < 4.78 is 0.200. The lowest BCUT2D eigenvalue weighted by atomic mass is 10.1. The van der Waals surface area contributed by atoms with Crippen LogP contribution in [0.4, 0.5) is 11.4 Å². The highest BCUT2D eigenvalue weighted by molar-refractivity contribution is 8.00. The van der Waals surface area contributed by atoms with E-state index in [1.807, 2.05) is 11.8 Å². The molecule has 0 amide bonds. The average Bonchev–Trinajstić information content (AvgIpc) is 2.59. The summed E-state index contributed by atoms with van der Waals surface area (Å²) in [6.07, 6.45) is 0.983. The largest absolute Gasteiger partial charge is 0.477 e. The third-order valence-electron chi connectivity index (χ3n) is 3.61. The molecule has 1 aliphatic heterocycles. The Morgan fingerprint density at radius 3 is 2.76 bits per heavy atom. The fourth-order valence-electron chi connectivity index (χ4n) is 2.33. The van der Waals surface area contributed by atoms with Crippen LogP contribution in [0.5, 0.6) is 0 Å². The number of nitro benzene ring substituents is 1. The monoisotopic (exact) mass is 310 g/mol. The van der Waals surface area contributed by atoms with Gasteiger partial charge in [0.1, 0.15) is 5.56 Å². The van der Waals surface area contributed by atoms with E-state index in [2.05, 4.69) is 18.7 Å². The number of nitrogens with zero attached hydrogens (tertiary/aromatic N) is 2. The zero-order valence-corrected chi connectivity index (χ0v) is 12.9. The molecule has 1 aromatic rings. The van der Waals surface area contributed by atoms with Gasteiger partial charge in [-0.1, -0.05) is 13.8 Å². The van der Waals surface area contributed by atoms with Crippen molar-refractivity contribution < 1.29 is 14.8 Å². The fourth-order valence-corrected chi connectivity index (χ4v) is 3.43. The van der Waals surface area contributed by atoms with E-state index in [1.54, 1.807) is 6.07 Å². The predicted molar refractivity (Wildman–Crippen MR) is 83.4 cm³/mol. The molecule has 6 nitrogen and oxygen atoms in total. The maximum Gasteiger partial charge on any atom is 0.342 e. The van der Waals surface area contributed by atoms with Crippen molar-refractivity contribution in [3.63, 3.8) is 0 Å². The fraction of sp³-hybridized carbons (Fsp3) is 0.500. The highest BCUT2D eigenvalue weighted by Crippen LogP contribution is 2.33. The molecule has 1 saturated heterocycles. The standard InChI is InChI=1S/C14H18N2O4S/c1-14(2)5-6-15(7-8-21-14)10-3-4-12(16(19)20)11(9-10)13(17)18/h3-4,9H,5-8H2,1-2H3,(H,17,18). The predicted octanol–water partition coefficient (Wildman–Crippen LogP) is 3.01. The minimum atomic E-state index is -1.27. The molecular weight excluding hydrogens is 292 g/mol. The zero-order valence-electron chi connectivity index (χ0n) is 12.0. The number of carboxylic acid groups (broad SMARTS) is 1. The van der Waals surface area contributed by atoms with Crippen LogP contribution in [0, 0.1) is 10.1 Å². The number of hydrogen-bond acceptors (Lipinski definition) is 5. The summed E-state index contributed by atoms with van der Waals surface area (Å²) in [5, 5.41) is 20.0. The lowest BCUT2D eigenvalue weighted by Gasteiger charge is -2.24. The van der Waals surface area contributed by atoms with Gasteiger partial charge in [-0.15, -0.1) is 0 Å². The number of aromatic carboxylic acids is 1. The van der Waals surface area contributed by atoms with Gasteiger partial charge < -0.3 is 10.0 Å². The number of benzene rings is 1. The van der Waals surface area contributed by atoms with Crippen molar-refractivity contribution in [3.05, 3.63) is 33.9 Å². The Kier molecular flexibility index (Phi) is 4.41. The molecule has 0 radical (unpaired) electrons. The van der Waals surface area contributed by atoms with Crippen molar-refractivity contribution in [1.82, 2.24) is 0 Å². The molecule has 0 atom stereocenters. The van der Waals surface area contributed by atoms with E-state index in [-0.39, 0.29) is 16.0 Å². The van der Waals surface area contributed by atoms with Crippen LogP contribution in [0.1, 0.15) is 30.6 Å². The van der Waals surface area contributed by atoms with Gasteiger partial charge >= 0.3 is 5.97 Å². The molecule has 0 saturated carbocycles. The first-order chi connectivity index (χ1) is 9.80. The van der Waals surface area contributed by atoms with Crippen molar-refractivity contribution in [3.8, 4) is 0 Å². The van der Waals surface area contributed by atoms with Crippen LogP contribution in [0.2, 0.25) is 0 Å². The van der Waals surface area contributed by atoms with Crippen molar-refractivity contribution >= 4 is 29.1 Å². The van der Waals surface area contributed by atoms with Crippen LogP contribution < -0.4 is 4.90 Å². The maximum atomic E-state index is 11.2. The van der Waals surface area contributed by atoms with Gasteiger partial charge in [-0.05, 0) is 18.6 Å². The molecule has 1 aliphatic rings. The van der Waals surface area contributed by atoms with Crippen LogP contribution >= 0.6 is 11.8 Å². The average molecular weight is 310 g/mol. The topological polar surface area (TPSA) is 83.7 Å². The second kappa shape index (κ2) is 5.93. The SMILES string of the molecule is CC1(C)CCN(c2ccc([N+](=O)[O-])c(C(=O)O)c2)CCS1. The zero-order chi connectivity index (χ0) is 15.6. The maximum absolute atomic E-state index is 11.2. The lowest BCUT2D eigenvalue weighted by molar-refractivity contribution is -0.385. The van der Waals surface area contributed by atoms with Gasteiger partial charge in [0, 0.05) is 35.3 Å². The van der Waals surface area contributed by atoms with Crippen LogP contribution in [-0.2, 0) is 0 Å². The van der Waals surface area contributed by atoms with Crippen LogP contribution in [0.3, 0.4) is 0 Å². The summed E-state index contributed by atoms with van der Waals surface area (Å²) >= 11 is 1.89. The highest BCUT2D eigenvalue weighted by atomic mass is 32.2. The molecule has 1 N–H and O–H groups in total. The van der Waals surface area contributed by atoms with Crippen molar-refractivity contribution in [2.45, 2.75) is 25.0 Å². The Hall–Kier alpha value is -1.76. The second-order valence-corrected chi connectivity index (χ2v) is 7.41. The summed E-state index contributed by atoms with van der Waals surface area (Å²) in [6, 6.07) is 4.32. The van der Waals surface area contributed by atoms with E-state index in [0.717, 1.165) is 31.0 Å². The van der Waals surface area contributed by atoms with E-state index >= 15 is 0 Å². The van der Waals surface area contributed by atoms with Gasteiger partial charge in [-0.2, -0.15) is 11.8 Å². The molecule has 1 aromatic carbocycles. The molecule has 7 heteroatoms. The summed E-state index contributed by atoms with van der Waals surface area (Å²) in [7, 11) is 0. The summed E-state index contributed by atoms with van der Waals surface area (Å²) in [5.41, 5.74) is 0.112. The Morgan fingerprint density at radius 1 is 1.43 bits per heavy atom. The third-order valence-corrected chi connectivity index (χ3v) is 4.98. The molecule has 114 valence electrons. The molecule has 0 unspecified atom stereocenters.